The molecule has 0 radical (unpaired) electrons. The van der Waals surface area contributed by atoms with Gasteiger partial charge in [0.25, 0.3) is 0 Å². The van der Waals surface area contributed by atoms with Gasteiger partial charge in [-0.3, -0.25) is 0 Å². The predicted molar refractivity (Wildman–Crippen MR) is 199 cm³/mol. The Hall–Kier alpha value is -6.47. The van der Waals surface area contributed by atoms with Crippen LogP contribution in [0.25, 0.3) is 16.5 Å². The molecule has 0 fully saturated rings. The van der Waals surface area contributed by atoms with Gasteiger partial charge in [-0.15, -0.1) is 0 Å². The van der Waals surface area contributed by atoms with E-state index in [1.807, 2.05) is 55.5 Å². The van der Waals surface area contributed by atoms with Crippen molar-refractivity contribution in [3.8, 4) is 18.2 Å². The lowest BCUT2D eigenvalue weighted by molar-refractivity contribution is 0.0515. The van der Waals surface area contributed by atoms with Crippen LogP contribution in [0, 0.1) is 39.4 Å². The molecule has 11 nitrogen and oxygen atoms in total. The fourth-order valence-corrected chi connectivity index (χ4v) is 6.24. The second kappa shape index (κ2) is 17.0. The summed E-state index contributed by atoms with van der Waals surface area (Å²) in [5.41, 5.74) is 13.1. The number of rotatable bonds is 12. The van der Waals surface area contributed by atoms with Gasteiger partial charge in [-0.05, 0) is 85.5 Å². The van der Waals surface area contributed by atoms with Crippen LogP contribution in [0.5, 0.6) is 0 Å². The van der Waals surface area contributed by atoms with Crippen molar-refractivity contribution in [2.45, 2.75) is 53.1 Å². The quantitative estimate of drug-likeness (QED) is 0.0695. The molecule has 0 spiro atoms. The molecule has 0 N–H and O–H groups in total. The third kappa shape index (κ3) is 9.20. The second-order valence-electron chi connectivity index (χ2n) is 13.4. The molecule has 4 rings (SSSR count). The molecule has 0 saturated heterocycles. The van der Waals surface area contributed by atoms with Gasteiger partial charge in [0, 0.05) is 28.4 Å². The second-order valence-corrected chi connectivity index (χ2v) is 13.4. The summed E-state index contributed by atoms with van der Waals surface area (Å²) in [5.74, 6) is 0.367. The number of carbonyl (C=O) groups excluding carboxylic acids is 1. The van der Waals surface area contributed by atoms with Crippen molar-refractivity contribution in [1.82, 2.24) is 0 Å². The number of benzene rings is 2. The summed E-state index contributed by atoms with van der Waals surface area (Å²) in [4.78, 5) is 17.3. The lowest BCUT2D eigenvalue weighted by atomic mass is 9.74. The summed E-state index contributed by atoms with van der Waals surface area (Å²) in [6.45, 7) is 11.5. The molecule has 0 saturated carbocycles. The van der Waals surface area contributed by atoms with E-state index < -0.39 is 11.6 Å². The first kappa shape index (κ1) is 38.3. The number of methoxy groups -OCH3 is 1. The van der Waals surface area contributed by atoms with E-state index >= 15 is 0 Å². The smallest absolute Gasteiger partial charge is 0.338 e. The molecule has 2 aromatic carbocycles. The third-order valence-corrected chi connectivity index (χ3v) is 8.72. The topological polar surface area (TPSA) is 168 Å². The highest BCUT2D eigenvalue weighted by molar-refractivity contribution is 5.89. The zero-order valence-electron chi connectivity index (χ0n) is 30.3. The molecular weight excluding hydrogens is 654 g/mol. The van der Waals surface area contributed by atoms with E-state index in [1.54, 1.807) is 51.3 Å². The van der Waals surface area contributed by atoms with Crippen LogP contribution in [0.3, 0.4) is 0 Å². The number of ether oxygens (including phenoxy) is 3. The standard InChI is InChI=1S/C41H41N7O4/c1-7-48(21-22-51-39(49)29-15-17-33(18-16-29)46-47-45)34-19-12-28(13-20-34)11-14-31-24-40(2,3)23-30(37(31)50-6)9-8-10-36-35(27-44)38(32(25-42)26-43)52-41(36,4)5/h8-20H,7,21-24H2,1-6H3/b10-8+,14-11+,30-9+. The first-order valence-corrected chi connectivity index (χ1v) is 16.8. The Kier molecular flexibility index (Phi) is 12.5. The number of likely N-dealkylation sites (N-methyl/N-ethyl adjacent to an activating group) is 1. The highest BCUT2D eigenvalue weighted by Crippen LogP contribution is 2.43. The summed E-state index contributed by atoms with van der Waals surface area (Å²) in [7, 11) is 1.67. The molecular formula is C41H41N7O4. The van der Waals surface area contributed by atoms with E-state index in [4.69, 9.17) is 19.7 Å². The van der Waals surface area contributed by atoms with Crippen molar-refractivity contribution in [3.63, 3.8) is 0 Å². The summed E-state index contributed by atoms with van der Waals surface area (Å²) >= 11 is 0. The minimum atomic E-state index is -0.894. The predicted octanol–water partition coefficient (Wildman–Crippen LogP) is 9.46. The van der Waals surface area contributed by atoms with E-state index in [0.29, 0.717) is 23.4 Å². The molecule has 1 heterocycles. The zero-order chi connectivity index (χ0) is 37.9. The monoisotopic (exact) mass is 695 g/mol. The zero-order valence-corrected chi connectivity index (χ0v) is 30.3. The molecule has 1 aliphatic heterocycles. The summed E-state index contributed by atoms with van der Waals surface area (Å²) in [6.07, 6.45) is 11.4. The molecule has 0 amide bonds. The van der Waals surface area contributed by atoms with Crippen molar-refractivity contribution < 1.29 is 19.0 Å². The van der Waals surface area contributed by atoms with Gasteiger partial charge in [0.15, 0.2) is 11.3 Å². The van der Waals surface area contributed by atoms with E-state index in [-0.39, 0.29) is 28.9 Å². The lowest BCUT2D eigenvalue weighted by Crippen LogP contribution is -2.28. The first-order valence-electron chi connectivity index (χ1n) is 16.8. The number of anilines is 1. The van der Waals surface area contributed by atoms with E-state index in [0.717, 1.165) is 47.5 Å². The van der Waals surface area contributed by atoms with Crippen LogP contribution < -0.4 is 4.90 Å². The number of carbonyl (C=O) groups is 1. The largest absolute Gasteiger partial charge is 0.496 e. The van der Waals surface area contributed by atoms with Crippen LogP contribution in [-0.2, 0) is 14.2 Å². The van der Waals surface area contributed by atoms with Crippen molar-refractivity contribution in [1.29, 1.82) is 15.8 Å². The Balaban J connectivity index is 1.49. The number of nitriles is 3. The highest BCUT2D eigenvalue weighted by atomic mass is 16.5. The maximum atomic E-state index is 12.5. The third-order valence-electron chi connectivity index (χ3n) is 8.72. The van der Waals surface area contributed by atoms with Crippen molar-refractivity contribution in [2.75, 3.05) is 31.7 Å². The minimum absolute atomic E-state index is 0.0121. The van der Waals surface area contributed by atoms with Gasteiger partial charge in [0.1, 0.15) is 41.7 Å². The van der Waals surface area contributed by atoms with Crippen LogP contribution in [0.4, 0.5) is 11.4 Å². The van der Waals surface area contributed by atoms with Gasteiger partial charge < -0.3 is 19.1 Å². The number of allylic oxidation sites excluding steroid dienone is 7. The summed E-state index contributed by atoms with van der Waals surface area (Å²) in [6, 6.07) is 20.2. The van der Waals surface area contributed by atoms with E-state index in [2.05, 4.69) is 47.0 Å². The van der Waals surface area contributed by atoms with Gasteiger partial charge >= 0.3 is 5.97 Å². The Bertz CT molecular complexity index is 2040. The molecule has 52 heavy (non-hydrogen) atoms. The molecule has 0 aromatic heterocycles. The molecule has 2 aromatic rings. The molecule has 264 valence electrons. The molecule has 0 bridgehead atoms. The number of hydrogen-bond acceptors (Lipinski definition) is 9. The maximum absolute atomic E-state index is 12.5. The Morgan fingerprint density at radius 2 is 1.71 bits per heavy atom. The average molecular weight is 696 g/mol. The van der Waals surface area contributed by atoms with Gasteiger partial charge in [-0.25, -0.2) is 4.79 Å². The minimum Gasteiger partial charge on any atom is -0.496 e. The number of azide groups is 1. The average Bonchev–Trinajstić information content (AvgIpc) is 3.38. The highest BCUT2D eigenvalue weighted by Gasteiger charge is 2.38. The number of esters is 1. The number of hydrogen-bond donors (Lipinski definition) is 0. The fourth-order valence-electron chi connectivity index (χ4n) is 6.24. The van der Waals surface area contributed by atoms with Gasteiger partial charge in [0.05, 0.1) is 19.2 Å². The van der Waals surface area contributed by atoms with E-state index in [1.165, 1.54) is 0 Å². The Labute approximate surface area is 304 Å². The number of nitrogens with zero attached hydrogens (tertiary/aromatic N) is 7. The molecule has 0 atom stereocenters. The van der Waals surface area contributed by atoms with Crippen LogP contribution >= 0.6 is 0 Å². The van der Waals surface area contributed by atoms with Crippen molar-refractivity contribution >= 4 is 23.4 Å². The van der Waals surface area contributed by atoms with Crippen molar-refractivity contribution in [2.24, 2.45) is 10.5 Å². The summed E-state index contributed by atoms with van der Waals surface area (Å²) in [5, 5.41) is 32.1. The van der Waals surface area contributed by atoms with Gasteiger partial charge in [-0.2, -0.15) is 15.8 Å². The maximum Gasteiger partial charge on any atom is 0.338 e. The molecule has 0 unspecified atom stereocenters. The van der Waals surface area contributed by atoms with Gasteiger partial charge in [0.2, 0.25) is 0 Å². The Morgan fingerprint density at radius 3 is 2.31 bits per heavy atom. The molecule has 2 aliphatic rings. The van der Waals surface area contributed by atoms with Crippen LogP contribution in [-0.4, -0.2) is 38.4 Å². The first-order chi connectivity index (χ1) is 24.9. The van der Waals surface area contributed by atoms with E-state index in [9.17, 15) is 20.6 Å². The van der Waals surface area contributed by atoms with Crippen LogP contribution in [0.1, 0.15) is 63.4 Å². The van der Waals surface area contributed by atoms with Crippen LogP contribution in [0.15, 0.2) is 117 Å². The lowest BCUT2D eigenvalue weighted by Gasteiger charge is -2.33. The molecule has 11 heteroatoms. The van der Waals surface area contributed by atoms with Gasteiger partial charge in [-0.1, -0.05) is 73.6 Å². The molecule has 1 aliphatic carbocycles. The Morgan fingerprint density at radius 1 is 1.02 bits per heavy atom. The SMILES string of the molecule is CCN(CCOC(=O)c1ccc(N=[N+]=[N-])cc1)c1ccc(/C=C/C2=C(OC)C(=C/C=C/C3=C(C#N)C(=C(C#N)C#N)OC3(C)C)/CC(C)(C)C2)cc1. The summed E-state index contributed by atoms with van der Waals surface area (Å²) < 4.78 is 17.3. The normalized spacial score (nSPS) is 16.9. The van der Waals surface area contributed by atoms with Crippen molar-refractivity contribution in [3.05, 3.63) is 134 Å². The fraction of sp³-hybridized carbons (Fsp3) is 0.317. The van der Waals surface area contributed by atoms with Crippen LogP contribution in [0.2, 0.25) is 0 Å².